The van der Waals surface area contributed by atoms with Crippen molar-refractivity contribution in [3.05, 3.63) is 53.6 Å². The molecule has 4 nitrogen and oxygen atoms in total. The van der Waals surface area contributed by atoms with Crippen LogP contribution in [0.5, 0.6) is 5.75 Å². The average molecular weight is 255 g/mol. The second kappa shape index (κ2) is 4.97. The molecule has 1 heterocycles. The topological polar surface area (TPSA) is 61.0 Å². The van der Waals surface area contributed by atoms with E-state index >= 15 is 0 Å². The van der Waals surface area contributed by atoms with Crippen molar-refractivity contribution in [2.24, 2.45) is 5.73 Å². The van der Waals surface area contributed by atoms with Crippen molar-refractivity contribution in [1.82, 2.24) is 9.97 Å². The van der Waals surface area contributed by atoms with Gasteiger partial charge in [0.15, 0.2) is 0 Å². The summed E-state index contributed by atoms with van der Waals surface area (Å²) < 4.78 is 5.71. The van der Waals surface area contributed by atoms with E-state index in [0.717, 1.165) is 22.7 Å². The maximum atomic E-state index is 6.19. The summed E-state index contributed by atoms with van der Waals surface area (Å²) in [5.41, 5.74) is 8.87. The molecule has 0 saturated heterocycles. The summed E-state index contributed by atoms with van der Waals surface area (Å²) >= 11 is 0. The minimum Gasteiger partial charge on any atom is -0.490 e. The molecule has 1 aliphatic rings. The van der Waals surface area contributed by atoms with Crippen LogP contribution in [0.25, 0.3) is 0 Å². The molecule has 0 spiro atoms. The van der Waals surface area contributed by atoms with Gasteiger partial charge in [0, 0.05) is 6.20 Å². The lowest BCUT2D eigenvalue weighted by molar-refractivity contribution is 0.303. The fraction of sp³-hybridized carbons (Fsp3) is 0.333. The molecule has 1 saturated carbocycles. The van der Waals surface area contributed by atoms with Crippen molar-refractivity contribution < 1.29 is 4.74 Å². The van der Waals surface area contributed by atoms with Crippen LogP contribution in [0.2, 0.25) is 0 Å². The molecule has 0 amide bonds. The Morgan fingerprint density at radius 1 is 1.16 bits per heavy atom. The first-order chi connectivity index (χ1) is 9.22. The highest BCUT2D eigenvalue weighted by Crippen LogP contribution is 2.27. The van der Waals surface area contributed by atoms with Crippen LogP contribution < -0.4 is 10.5 Å². The van der Waals surface area contributed by atoms with Gasteiger partial charge < -0.3 is 10.5 Å². The predicted molar refractivity (Wildman–Crippen MR) is 72.9 cm³/mol. The molecule has 1 fully saturated rings. The number of ether oxygens (including phenoxy) is 1. The van der Waals surface area contributed by atoms with Gasteiger partial charge in [-0.15, -0.1) is 0 Å². The van der Waals surface area contributed by atoms with E-state index in [0.29, 0.717) is 6.10 Å². The molecular formula is C15H17N3O. The average Bonchev–Trinajstić information content (AvgIpc) is 3.24. The second-order valence-corrected chi connectivity index (χ2v) is 4.95. The Labute approximate surface area is 112 Å². The molecule has 0 bridgehead atoms. The van der Waals surface area contributed by atoms with Gasteiger partial charge in [0.05, 0.1) is 29.7 Å². The Kier molecular flexibility index (Phi) is 3.17. The lowest BCUT2D eigenvalue weighted by Crippen LogP contribution is -2.14. The number of hydrogen-bond acceptors (Lipinski definition) is 4. The summed E-state index contributed by atoms with van der Waals surface area (Å²) in [5.74, 6) is 0.911. The second-order valence-electron chi connectivity index (χ2n) is 4.95. The fourth-order valence-corrected chi connectivity index (χ4v) is 1.87. The zero-order chi connectivity index (χ0) is 13.2. The summed E-state index contributed by atoms with van der Waals surface area (Å²) in [6, 6.07) is 7.67. The fourth-order valence-electron chi connectivity index (χ4n) is 1.87. The van der Waals surface area contributed by atoms with Crippen LogP contribution in [0.3, 0.4) is 0 Å². The van der Waals surface area contributed by atoms with Crippen molar-refractivity contribution in [3.63, 3.8) is 0 Å². The number of aromatic nitrogens is 2. The third-order valence-electron chi connectivity index (χ3n) is 3.19. The van der Waals surface area contributed by atoms with Gasteiger partial charge in [-0.1, -0.05) is 12.1 Å². The number of nitrogens with zero attached hydrogens (tertiary/aromatic N) is 2. The molecule has 2 aromatic rings. The van der Waals surface area contributed by atoms with Crippen molar-refractivity contribution in [1.29, 1.82) is 0 Å². The number of hydrogen-bond donors (Lipinski definition) is 1. The van der Waals surface area contributed by atoms with Crippen molar-refractivity contribution in [2.45, 2.75) is 31.9 Å². The van der Waals surface area contributed by atoms with Crippen LogP contribution in [0, 0.1) is 6.92 Å². The zero-order valence-corrected chi connectivity index (χ0v) is 10.9. The number of benzene rings is 1. The maximum absolute atomic E-state index is 6.19. The van der Waals surface area contributed by atoms with Crippen molar-refractivity contribution in [2.75, 3.05) is 0 Å². The van der Waals surface area contributed by atoms with E-state index in [1.165, 1.54) is 12.8 Å². The zero-order valence-electron chi connectivity index (χ0n) is 10.9. The smallest absolute Gasteiger partial charge is 0.119 e. The molecule has 0 radical (unpaired) electrons. The summed E-state index contributed by atoms with van der Waals surface area (Å²) in [6.45, 7) is 1.91. The maximum Gasteiger partial charge on any atom is 0.119 e. The van der Waals surface area contributed by atoms with E-state index in [2.05, 4.69) is 9.97 Å². The molecule has 98 valence electrons. The molecule has 1 unspecified atom stereocenters. The van der Waals surface area contributed by atoms with Crippen LogP contribution in [0.4, 0.5) is 0 Å². The summed E-state index contributed by atoms with van der Waals surface area (Å²) in [4.78, 5) is 8.54. The molecule has 3 rings (SSSR count). The van der Waals surface area contributed by atoms with Crippen LogP contribution in [0.15, 0.2) is 36.7 Å². The molecule has 1 aliphatic carbocycles. The molecule has 1 atom stereocenters. The Balaban J connectivity index is 1.75. The van der Waals surface area contributed by atoms with Crippen molar-refractivity contribution in [3.8, 4) is 5.75 Å². The summed E-state index contributed by atoms with van der Waals surface area (Å²) in [5, 5.41) is 0. The lowest BCUT2D eigenvalue weighted by atomic mass is 10.1. The number of aryl methyl sites for hydroxylation is 1. The molecule has 1 aromatic carbocycles. The monoisotopic (exact) mass is 255 g/mol. The molecule has 1 aromatic heterocycles. The molecule has 2 N–H and O–H groups in total. The van der Waals surface area contributed by atoms with Gasteiger partial charge in [-0.25, -0.2) is 0 Å². The van der Waals surface area contributed by atoms with Gasteiger partial charge in [-0.3, -0.25) is 9.97 Å². The van der Waals surface area contributed by atoms with Crippen LogP contribution in [-0.4, -0.2) is 16.1 Å². The van der Waals surface area contributed by atoms with Crippen molar-refractivity contribution >= 4 is 0 Å². The normalized spacial score (nSPS) is 16.1. The first-order valence-electron chi connectivity index (χ1n) is 6.53. The standard InChI is InChI=1S/C15H17N3O/c1-10-8-18-14(9-17-10)15(16)11-2-4-12(5-3-11)19-13-6-7-13/h2-5,8-9,13,15H,6-7,16H2,1H3. The minimum atomic E-state index is -0.247. The third-order valence-corrected chi connectivity index (χ3v) is 3.19. The third kappa shape index (κ3) is 2.90. The Hall–Kier alpha value is -1.94. The van der Waals surface area contributed by atoms with Gasteiger partial charge in [-0.2, -0.15) is 0 Å². The van der Waals surface area contributed by atoms with E-state index in [1.54, 1.807) is 12.4 Å². The highest BCUT2D eigenvalue weighted by atomic mass is 16.5. The van der Waals surface area contributed by atoms with Crippen LogP contribution >= 0.6 is 0 Å². The Morgan fingerprint density at radius 3 is 2.47 bits per heavy atom. The Morgan fingerprint density at radius 2 is 1.89 bits per heavy atom. The molecule has 19 heavy (non-hydrogen) atoms. The van der Waals surface area contributed by atoms with E-state index in [1.807, 2.05) is 31.2 Å². The first-order valence-corrected chi connectivity index (χ1v) is 6.53. The van der Waals surface area contributed by atoms with E-state index in [-0.39, 0.29) is 6.04 Å². The first kappa shape index (κ1) is 12.1. The highest BCUT2D eigenvalue weighted by molar-refractivity contribution is 5.32. The molecular weight excluding hydrogens is 238 g/mol. The number of nitrogens with two attached hydrogens (primary N) is 1. The number of rotatable bonds is 4. The van der Waals surface area contributed by atoms with Gasteiger partial charge in [0.2, 0.25) is 0 Å². The largest absolute Gasteiger partial charge is 0.490 e. The van der Waals surface area contributed by atoms with E-state index < -0.39 is 0 Å². The summed E-state index contributed by atoms with van der Waals surface area (Å²) in [6.07, 6.45) is 6.22. The predicted octanol–water partition coefficient (Wildman–Crippen LogP) is 2.37. The van der Waals surface area contributed by atoms with E-state index in [4.69, 9.17) is 10.5 Å². The lowest BCUT2D eigenvalue weighted by Gasteiger charge is -2.12. The Bertz CT molecular complexity index is 547. The van der Waals surface area contributed by atoms with E-state index in [9.17, 15) is 0 Å². The van der Waals surface area contributed by atoms with Gasteiger partial charge in [0.1, 0.15) is 5.75 Å². The minimum absolute atomic E-state index is 0.247. The highest BCUT2D eigenvalue weighted by Gasteiger charge is 2.23. The SMILES string of the molecule is Cc1cnc(C(N)c2ccc(OC3CC3)cc2)cn1. The van der Waals surface area contributed by atoms with Gasteiger partial charge in [0.25, 0.3) is 0 Å². The van der Waals surface area contributed by atoms with Gasteiger partial charge >= 0.3 is 0 Å². The van der Waals surface area contributed by atoms with Crippen LogP contribution in [0.1, 0.15) is 35.8 Å². The van der Waals surface area contributed by atoms with Crippen LogP contribution in [-0.2, 0) is 0 Å². The molecule has 4 heteroatoms. The summed E-state index contributed by atoms with van der Waals surface area (Å²) in [7, 11) is 0. The quantitative estimate of drug-likeness (QED) is 0.911. The van der Waals surface area contributed by atoms with Gasteiger partial charge in [-0.05, 0) is 37.5 Å². The molecule has 0 aliphatic heterocycles.